The second-order valence-electron chi connectivity index (χ2n) is 15.6. The van der Waals surface area contributed by atoms with Gasteiger partial charge in [-0.05, 0) is 115 Å². The number of hydrogen-bond acceptors (Lipinski definition) is 2. The van der Waals surface area contributed by atoms with E-state index in [0.29, 0.717) is 0 Å². The monoisotopic (exact) mass is 771 g/mol. The summed E-state index contributed by atoms with van der Waals surface area (Å²) >= 11 is 0. The summed E-state index contributed by atoms with van der Waals surface area (Å²) in [4.78, 5) is 4.78. The third-order valence-electron chi connectivity index (χ3n) is 11.9. The molecule has 7 aromatic carbocycles. The van der Waals surface area contributed by atoms with Crippen LogP contribution < -0.4 is 9.80 Å². The van der Waals surface area contributed by atoms with Crippen molar-refractivity contribution in [2.45, 2.75) is 65.3 Å². The van der Waals surface area contributed by atoms with Crippen LogP contribution in [0, 0.1) is 0 Å². The lowest BCUT2D eigenvalue weighted by atomic mass is 9.83. The molecular weight excluding hydrogens is 715 g/mol. The van der Waals surface area contributed by atoms with E-state index in [4.69, 9.17) is 0 Å². The van der Waals surface area contributed by atoms with Gasteiger partial charge in [-0.25, -0.2) is 0 Å². The number of nitrogens with zero attached hydrogens (tertiary/aromatic N) is 3. The van der Waals surface area contributed by atoms with E-state index in [2.05, 4.69) is 223 Å². The van der Waals surface area contributed by atoms with Crippen LogP contribution in [0.15, 0.2) is 188 Å². The Hall–Kier alpha value is -6.32. The van der Waals surface area contributed by atoms with Crippen molar-refractivity contribution in [1.29, 1.82) is 0 Å². The molecule has 0 radical (unpaired) electrons. The first-order chi connectivity index (χ1) is 29.2. The fourth-order valence-corrected chi connectivity index (χ4v) is 8.94. The Morgan fingerprint density at radius 3 is 1.51 bits per heavy atom. The third-order valence-corrected chi connectivity index (χ3v) is 11.9. The molecule has 3 nitrogen and oxygen atoms in total. The Morgan fingerprint density at radius 1 is 0.441 bits per heavy atom. The molecule has 1 atom stereocenters. The molecule has 0 N–H and O–H groups in total. The normalized spacial score (nSPS) is 11.8. The molecule has 0 aliphatic carbocycles. The Kier molecular flexibility index (Phi) is 12.7. The first-order valence-electron chi connectivity index (χ1n) is 21.8. The highest BCUT2D eigenvalue weighted by Gasteiger charge is 2.27. The van der Waals surface area contributed by atoms with Crippen LogP contribution in [-0.4, -0.2) is 17.7 Å². The van der Waals surface area contributed by atoms with Gasteiger partial charge in [0.05, 0.1) is 5.69 Å². The molecule has 0 spiro atoms. The number of fused-ring (bicyclic) bond motifs is 1. The van der Waals surface area contributed by atoms with Crippen LogP contribution in [0.2, 0.25) is 0 Å². The van der Waals surface area contributed by atoms with E-state index in [1.165, 1.54) is 92.0 Å². The summed E-state index contributed by atoms with van der Waals surface area (Å²) in [7, 11) is 0. The number of hydrogen-bond donors (Lipinski definition) is 0. The van der Waals surface area contributed by atoms with E-state index in [1.54, 1.807) is 0 Å². The van der Waals surface area contributed by atoms with Gasteiger partial charge in [0.1, 0.15) is 0 Å². The van der Waals surface area contributed by atoms with E-state index in [-0.39, 0.29) is 5.92 Å². The summed E-state index contributed by atoms with van der Waals surface area (Å²) in [5, 5.41) is 1.34. The number of anilines is 4. The van der Waals surface area contributed by atoms with Crippen molar-refractivity contribution in [3.63, 3.8) is 0 Å². The Bertz CT molecular complexity index is 2500. The van der Waals surface area contributed by atoms with E-state index in [9.17, 15) is 0 Å². The van der Waals surface area contributed by atoms with Crippen LogP contribution in [0.25, 0.3) is 33.3 Å². The van der Waals surface area contributed by atoms with E-state index in [1.807, 2.05) is 0 Å². The molecular formula is C56H57N3. The molecule has 8 aromatic rings. The van der Waals surface area contributed by atoms with Gasteiger partial charge in [-0.2, -0.15) is 0 Å². The Balaban J connectivity index is 1.27. The number of aryl methyl sites for hydroxylation is 1. The van der Waals surface area contributed by atoms with Crippen molar-refractivity contribution < 1.29 is 0 Å². The summed E-state index contributed by atoms with van der Waals surface area (Å²) < 4.78 is 2.65. The molecule has 3 heteroatoms. The van der Waals surface area contributed by atoms with Crippen LogP contribution in [0.1, 0.15) is 69.1 Å². The van der Waals surface area contributed by atoms with Gasteiger partial charge < -0.3 is 14.4 Å². The van der Waals surface area contributed by atoms with Crippen LogP contribution in [-0.2, 0) is 13.0 Å². The van der Waals surface area contributed by atoms with Gasteiger partial charge in [-0.15, -0.1) is 0 Å². The fourth-order valence-electron chi connectivity index (χ4n) is 8.94. The van der Waals surface area contributed by atoms with Crippen molar-refractivity contribution in [2.24, 2.45) is 0 Å². The first kappa shape index (κ1) is 39.5. The van der Waals surface area contributed by atoms with Gasteiger partial charge in [0.2, 0.25) is 0 Å². The maximum atomic E-state index is 2.65. The molecule has 296 valence electrons. The average molecular weight is 772 g/mol. The van der Waals surface area contributed by atoms with Gasteiger partial charge in [0.15, 0.2) is 0 Å². The molecule has 1 heterocycles. The van der Waals surface area contributed by atoms with E-state index >= 15 is 0 Å². The standard InChI is InChI=1S/C56H57N3/c1-4-7-8-20-41-59-54-28-19-18-27-52(54)55(56(59)47-33-31-45(32-34-47)44-21-12-9-13-22-44)53(46-35-39-51(40-36-46)58(6-3)49-25-16-11-17-26-49)42-43-29-37-50(38-30-43)57(5-2)48-23-14-10-15-24-48/h9-19,21-40,53H,4-8,20,41-42H2,1-3H3. The van der Waals surface area contributed by atoms with Crippen LogP contribution in [0.3, 0.4) is 0 Å². The van der Waals surface area contributed by atoms with Crippen molar-refractivity contribution in [3.05, 3.63) is 205 Å². The number of unbranched alkanes of at least 4 members (excludes halogenated alkanes) is 3. The first-order valence-corrected chi connectivity index (χ1v) is 21.8. The number of para-hydroxylation sites is 3. The highest BCUT2D eigenvalue weighted by Crippen LogP contribution is 2.44. The van der Waals surface area contributed by atoms with Crippen molar-refractivity contribution >= 4 is 33.7 Å². The lowest BCUT2D eigenvalue weighted by molar-refractivity contribution is 0.595. The molecule has 0 aliphatic heterocycles. The van der Waals surface area contributed by atoms with Gasteiger partial charge in [-0.3, -0.25) is 0 Å². The molecule has 0 amide bonds. The summed E-state index contributed by atoms with van der Waals surface area (Å²) in [6, 6.07) is 69.5. The quantitative estimate of drug-likeness (QED) is 0.0854. The van der Waals surface area contributed by atoms with Crippen LogP contribution in [0.5, 0.6) is 0 Å². The van der Waals surface area contributed by atoms with Crippen LogP contribution >= 0.6 is 0 Å². The molecule has 1 aromatic heterocycles. The summed E-state index contributed by atoms with van der Waals surface area (Å²) in [6.45, 7) is 9.54. The SMILES string of the molecule is CCCCCCn1c(-c2ccc(-c3ccccc3)cc2)c(C(Cc2ccc(N(CC)c3ccccc3)cc2)c2ccc(N(CC)c3ccccc3)cc2)c2ccccc21. The largest absolute Gasteiger partial charge is 0.342 e. The van der Waals surface area contributed by atoms with Crippen molar-refractivity contribution in [2.75, 3.05) is 22.9 Å². The van der Waals surface area contributed by atoms with Crippen molar-refractivity contribution in [1.82, 2.24) is 4.57 Å². The van der Waals surface area contributed by atoms with Gasteiger partial charge >= 0.3 is 0 Å². The van der Waals surface area contributed by atoms with Gasteiger partial charge in [0, 0.05) is 59.2 Å². The van der Waals surface area contributed by atoms with Crippen LogP contribution in [0.4, 0.5) is 22.7 Å². The molecule has 59 heavy (non-hydrogen) atoms. The second-order valence-corrected chi connectivity index (χ2v) is 15.6. The van der Waals surface area contributed by atoms with Gasteiger partial charge in [0.25, 0.3) is 0 Å². The smallest absolute Gasteiger partial charge is 0.0530 e. The molecule has 8 rings (SSSR count). The minimum atomic E-state index is 0.115. The highest BCUT2D eigenvalue weighted by atomic mass is 15.1. The maximum Gasteiger partial charge on any atom is 0.0530 e. The maximum absolute atomic E-state index is 2.65. The lowest BCUT2D eigenvalue weighted by Crippen LogP contribution is -2.16. The zero-order chi connectivity index (χ0) is 40.4. The number of benzene rings is 7. The lowest BCUT2D eigenvalue weighted by Gasteiger charge is -2.26. The zero-order valence-electron chi connectivity index (χ0n) is 35.0. The predicted octanol–water partition coefficient (Wildman–Crippen LogP) is 15.2. The van der Waals surface area contributed by atoms with E-state index in [0.717, 1.165) is 32.5 Å². The molecule has 0 bridgehead atoms. The minimum absolute atomic E-state index is 0.115. The van der Waals surface area contributed by atoms with Crippen molar-refractivity contribution in [3.8, 4) is 22.4 Å². The highest BCUT2D eigenvalue weighted by molar-refractivity contribution is 5.93. The summed E-state index contributed by atoms with van der Waals surface area (Å²) in [5.41, 5.74) is 15.3. The molecule has 0 aliphatic rings. The summed E-state index contributed by atoms with van der Waals surface area (Å²) in [6.07, 6.45) is 5.75. The third kappa shape index (κ3) is 8.76. The van der Waals surface area contributed by atoms with E-state index < -0.39 is 0 Å². The molecule has 0 saturated carbocycles. The fraction of sp³-hybridized carbons (Fsp3) is 0.214. The zero-order valence-corrected chi connectivity index (χ0v) is 35.0. The minimum Gasteiger partial charge on any atom is -0.342 e. The number of rotatable bonds is 17. The second kappa shape index (κ2) is 19.0. The molecule has 0 saturated heterocycles. The molecule has 1 unspecified atom stereocenters. The average Bonchev–Trinajstić information content (AvgIpc) is 3.63. The topological polar surface area (TPSA) is 11.4 Å². The summed E-state index contributed by atoms with van der Waals surface area (Å²) in [5.74, 6) is 0.115. The molecule has 0 fully saturated rings. The number of aromatic nitrogens is 1. The van der Waals surface area contributed by atoms with Gasteiger partial charge in [-0.1, -0.05) is 160 Å². The Morgan fingerprint density at radius 2 is 0.932 bits per heavy atom. The Labute approximate surface area is 352 Å². The predicted molar refractivity (Wildman–Crippen MR) is 254 cm³/mol.